The van der Waals surface area contributed by atoms with E-state index in [1.165, 1.54) is 11.3 Å². The Labute approximate surface area is 147 Å². The topological polar surface area (TPSA) is 84.0 Å². The van der Waals surface area contributed by atoms with Crippen molar-refractivity contribution in [1.82, 2.24) is 14.9 Å². The van der Waals surface area contributed by atoms with E-state index in [1.54, 1.807) is 0 Å². The zero-order valence-corrected chi connectivity index (χ0v) is 16.4. The Morgan fingerprint density at radius 2 is 1.78 bits per heavy atom. The molecule has 3 rings (SSSR count). The predicted molar refractivity (Wildman–Crippen MR) is 98.5 cm³/mol. The van der Waals surface area contributed by atoms with Gasteiger partial charge in [0.2, 0.25) is 5.91 Å². The van der Waals surface area contributed by atoms with Crippen molar-refractivity contribution in [3.63, 3.8) is 0 Å². The van der Waals surface area contributed by atoms with Gasteiger partial charge in [0.25, 0.3) is 5.56 Å². The minimum Gasteiger partial charge on any atom is -0.354 e. The zero-order chi connectivity index (χ0) is 17.7. The van der Waals surface area contributed by atoms with E-state index in [0.29, 0.717) is 23.2 Å². The summed E-state index contributed by atoms with van der Waals surface area (Å²) in [7, 11) is 0. The van der Waals surface area contributed by atoms with Gasteiger partial charge in [-0.05, 0) is 34.8 Å². The first kappa shape index (κ1) is 19.6. The van der Waals surface area contributed by atoms with E-state index < -0.39 is 17.3 Å². The van der Waals surface area contributed by atoms with Crippen molar-refractivity contribution >= 4 is 43.4 Å². The molecule has 1 aliphatic rings. The lowest BCUT2D eigenvalue weighted by molar-refractivity contribution is -0.122. The lowest BCUT2D eigenvalue weighted by Crippen LogP contribution is -2.40. The third-order valence-corrected chi connectivity index (χ3v) is 5.37. The molecule has 2 N–H and O–H groups in total. The second-order valence-corrected chi connectivity index (χ2v) is 6.74. The number of amides is 1. The largest absolute Gasteiger partial charge is 0.354 e. The number of halogens is 1. The van der Waals surface area contributed by atoms with Crippen molar-refractivity contribution in [3.8, 4) is 0 Å². The first-order valence-corrected chi connectivity index (χ1v) is 9.32. The number of thiophene rings is 1. The van der Waals surface area contributed by atoms with Crippen LogP contribution in [-0.4, -0.2) is 22.0 Å². The van der Waals surface area contributed by atoms with E-state index in [4.69, 9.17) is 0 Å². The summed E-state index contributed by atoms with van der Waals surface area (Å²) in [5.74, 6) is -0.279. The fourth-order valence-corrected chi connectivity index (χ4v) is 3.91. The molecular formula is C15H22BrN3O3S. The zero-order valence-electron chi connectivity index (χ0n) is 13.9. The Balaban J connectivity index is 0.000000615. The van der Waals surface area contributed by atoms with E-state index >= 15 is 0 Å². The highest BCUT2D eigenvalue weighted by molar-refractivity contribution is 9.11. The fraction of sp³-hybridized carbons (Fsp3) is 0.533. The minimum absolute atomic E-state index is 0.279. The van der Waals surface area contributed by atoms with Crippen LogP contribution in [0.3, 0.4) is 0 Å². The van der Waals surface area contributed by atoms with Crippen LogP contribution in [0.2, 0.25) is 0 Å². The average molecular weight is 404 g/mol. The van der Waals surface area contributed by atoms with Gasteiger partial charge in [0.05, 0.1) is 9.17 Å². The number of hydrogen-bond donors (Lipinski definition) is 2. The lowest BCUT2D eigenvalue weighted by atomic mass is 10.2. The summed E-state index contributed by atoms with van der Waals surface area (Å²) in [5, 5.41) is 3.10. The molecule has 2 aromatic rings. The molecule has 6 nitrogen and oxygen atoms in total. The fourth-order valence-electron chi connectivity index (χ4n) is 2.31. The first-order valence-electron chi connectivity index (χ1n) is 7.72. The van der Waals surface area contributed by atoms with Gasteiger partial charge in [-0.3, -0.25) is 14.6 Å². The first-order chi connectivity index (χ1) is 11.0. The van der Waals surface area contributed by atoms with Crippen LogP contribution < -0.4 is 16.6 Å². The van der Waals surface area contributed by atoms with Crippen LogP contribution in [0, 0.1) is 6.92 Å². The molecular weight excluding hydrogens is 382 g/mol. The molecule has 0 radical (unpaired) electrons. The van der Waals surface area contributed by atoms with Crippen molar-refractivity contribution in [3.05, 3.63) is 30.2 Å². The van der Waals surface area contributed by atoms with Gasteiger partial charge in [-0.2, -0.15) is 0 Å². The summed E-state index contributed by atoms with van der Waals surface area (Å²) < 4.78 is 1.83. The SMILES string of the molecule is CC.CC.Cc1c(Br)sc2[nH]c(=O)n(C3CCNC3=O)c(=O)c12. The van der Waals surface area contributed by atoms with Crippen LogP contribution in [0.1, 0.15) is 45.7 Å². The number of H-pyrrole nitrogens is 1. The highest BCUT2D eigenvalue weighted by atomic mass is 79.9. The van der Waals surface area contributed by atoms with E-state index in [-0.39, 0.29) is 5.91 Å². The molecule has 1 aliphatic heterocycles. The summed E-state index contributed by atoms with van der Waals surface area (Å²) in [6.07, 6.45) is 0.456. The van der Waals surface area contributed by atoms with Crippen LogP contribution in [0.15, 0.2) is 13.4 Å². The Hall–Kier alpha value is -1.41. The molecule has 1 unspecified atom stereocenters. The number of aromatic nitrogens is 2. The van der Waals surface area contributed by atoms with Crippen LogP contribution in [-0.2, 0) is 4.79 Å². The molecule has 0 aliphatic carbocycles. The van der Waals surface area contributed by atoms with Gasteiger partial charge in [-0.25, -0.2) is 9.36 Å². The van der Waals surface area contributed by atoms with E-state index in [9.17, 15) is 14.4 Å². The monoisotopic (exact) mass is 403 g/mol. The molecule has 1 saturated heterocycles. The number of rotatable bonds is 1. The van der Waals surface area contributed by atoms with E-state index in [2.05, 4.69) is 26.2 Å². The Morgan fingerprint density at radius 1 is 1.17 bits per heavy atom. The molecule has 2 aromatic heterocycles. The second-order valence-electron chi connectivity index (χ2n) is 4.41. The van der Waals surface area contributed by atoms with Crippen molar-refractivity contribution in [2.24, 2.45) is 0 Å². The van der Waals surface area contributed by atoms with Gasteiger partial charge in [-0.1, -0.05) is 27.7 Å². The number of nitrogens with zero attached hydrogens (tertiary/aromatic N) is 1. The lowest BCUT2D eigenvalue weighted by Gasteiger charge is -2.09. The van der Waals surface area contributed by atoms with Gasteiger partial charge in [-0.15, -0.1) is 11.3 Å². The number of carbonyl (C=O) groups is 1. The molecule has 0 saturated carbocycles. The smallest absolute Gasteiger partial charge is 0.330 e. The summed E-state index contributed by atoms with van der Waals surface area (Å²) >= 11 is 4.66. The molecule has 128 valence electrons. The maximum atomic E-state index is 12.5. The molecule has 0 spiro atoms. The van der Waals surface area contributed by atoms with Gasteiger partial charge < -0.3 is 5.32 Å². The van der Waals surface area contributed by atoms with Crippen molar-refractivity contribution in [2.45, 2.75) is 47.1 Å². The number of fused-ring (bicyclic) bond motifs is 1. The predicted octanol–water partition coefficient (Wildman–Crippen LogP) is 2.94. The van der Waals surface area contributed by atoms with Gasteiger partial charge in [0.15, 0.2) is 0 Å². The summed E-state index contributed by atoms with van der Waals surface area (Å²) in [4.78, 5) is 39.4. The summed E-state index contributed by atoms with van der Waals surface area (Å²) in [6.45, 7) is 10.3. The molecule has 3 heterocycles. The summed E-state index contributed by atoms with van der Waals surface area (Å²) in [6, 6.07) is -0.710. The quantitative estimate of drug-likeness (QED) is 0.767. The molecule has 1 fully saturated rings. The van der Waals surface area contributed by atoms with Crippen molar-refractivity contribution < 1.29 is 4.79 Å². The highest BCUT2D eigenvalue weighted by Gasteiger charge is 2.29. The van der Waals surface area contributed by atoms with Crippen LogP contribution in [0.25, 0.3) is 10.2 Å². The number of hydrogen-bond acceptors (Lipinski definition) is 4. The minimum atomic E-state index is -0.710. The number of aryl methyl sites for hydroxylation is 1. The van der Waals surface area contributed by atoms with Crippen LogP contribution in [0.4, 0.5) is 0 Å². The average Bonchev–Trinajstić information content (AvgIpc) is 3.08. The van der Waals surface area contributed by atoms with Gasteiger partial charge in [0.1, 0.15) is 10.9 Å². The molecule has 8 heteroatoms. The molecule has 0 bridgehead atoms. The third-order valence-electron chi connectivity index (χ3n) is 3.29. The third kappa shape index (κ3) is 3.58. The number of carbonyl (C=O) groups excluding carboxylic acids is 1. The number of aromatic amines is 1. The molecule has 23 heavy (non-hydrogen) atoms. The Morgan fingerprint density at radius 3 is 2.30 bits per heavy atom. The summed E-state index contributed by atoms with van der Waals surface area (Å²) in [5.41, 5.74) is -0.151. The van der Waals surface area contributed by atoms with Gasteiger partial charge >= 0.3 is 5.69 Å². The Bertz CT molecular complexity index is 807. The van der Waals surface area contributed by atoms with Crippen molar-refractivity contribution in [1.29, 1.82) is 0 Å². The van der Waals surface area contributed by atoms with E-state index in [1.807, 2.05) is 34.6 Å². The van der Waals surface area contributed by atoms with Crippen LogP contribution >= 0.6 is 27.3 Å². The maximum absolute atomic E-state index is 12.5. The van der Waals surface area contributed by atoms with Crippen molar-refractivity contribution in [2.75, 3.05) is 6.54 Å². The standard InChI is InChI=1S/C11H10BrN3O3S.2C2H6/c1-4-6-9(19-7(4)12)14-11(18)15(10(6)17)5-2-3-13-8(5)16;2*1-2/h5H,2-3H2,1H3,(H,13,16)(H,14,18);2*1-2H3. The Kier molecular flexibility index (Phi) is 7.21. The maximum Gasteiger partial charge on any atom is 0.330 e. The molecule has 0 aromatic carbocycles. The number of nitrogens with one attached hydrogen (secondary N) is 2. The van der Waals surface area contributed by atoms with E-state index in [0.717, 1.165) is 13.9 Å². The molecule has 1 amide bonds. The van der Waals surface area contributed by atoms with Crippen LogP contribution in [0.5, 0.6) is 0 Å². The molecule has 1 atom stereocenters. The van der Waals surface area contributed by atoms with Gasteiger partial charge in [0, 0.05) is 6.54 Å². The highest BCUT2D eigenvalue weighted by Crippen LogP contribution is 2.31. The normalized spacial score (nSPS) is 16.3. The second kappa shape index (κ2) is 8.44.